The zero-order valence-corrected chi connectivity index (χ0v) is 33.5. The van der Waals surface area contributed by atoms with Crippen molar-refractivity contribution in [3.05, 3.63) is 180 Å². The molecule has 0 aliphatic heterocycles. The van der Waals surface area contributed by atoms with Crippen molar-refractivity contribution in [2.45, 2.75) is 77.2 Å². The fraction of sp³-hybridized carbons (Fsp3) is 0.277. The number of rotatable bonds is 21. The molecule has 3 atom stereocenters. The molecule has 1 unspecified atom stereocenters. The Morgan fingerprint density at radius 2 is 1.16 bits per heavy atom. The topological polar surface area (TPSA) is 119 Å². The molecule has 1 aromatic heterocycles. The Balaban J connectivity index is 1.29. The van der Waals surface area contributed by atoms with E-state index in [-0.39, 0.29) is 32.2 Å². The molecular weight excluding hydrogens is 734 g/mol. The Morgan fingerprint density at radius 3 is 1.72 bits per heavy atom. The molecule has 296 valence electrons. The number of hydrogen-bond donors (Lipinski definition) is 3. The first-order valence-electron chi connectivity index (χ1n) is 19.6. The van der Waals surface area contributed by atoms with Gasteiger partial charge < -0.3 is 24.1 Å². The number of carbonyl (C=O) groups is 2. The molecule has 0 spiro atoms. The zero-order chi connectivity index (χ0) is 39.9. The van der Waals surface area contributed by atoms with Crippen molar-refractivity contribution in [3.8, 4) is 0 Å². The van der Waals surface area contributed by atoms with Crippen LogP contribution in [0.1, 0.15) is 54.5 Å². The highest BCUT2D eigenvalue weighted by Gasteiger charge is 2.40. The van der Waals surface area contributed by atoms with Gasteiger partial charge in [-0.2, -0.15) is 0 Å². The summed E-state index contributed by atoms with van der Waals surface area (Å²) in [5.74, 6) is -1.77. The molecule has 0 aliphatic rings. The lowest BCUT2D eigenvalue weighted by molar-refractivity contribution is -0.149. The summed E-state index contributed by atoms with van der Waals surface area (Å²) in [6.07, 6.45) is 3.36. The summed E-state index contributed by atoms with van der Waals surface area (Å²) in [6.45, 7) is 4.22. The van der Waals surface area contributed by atoms with E-state index in [1.54, 1.807) is 0 Å². The van der Waals surface area contributed by atoms with Crippen LogP contribution in [0.25, 0.3) is 10.9 Å². The summed E-state index contributed by atoms with van der Waals surface area (Å²) in [7, 11) is -3.99. The van der Waals surface area contributed by atoms with Crippen molar-refractivity contribution in [1.29, 1.82) is 0 Å². The molecule has 1 amide bonds. The lowest BCUT2D eigenvalue weighted by Gasteiger charge is -2.32. The van der Waals surface area contributed by atoms with Gasteiger partial charge in [0.05, 0.1) is 19.3 Å². The normalized spacial score (nSPS) is 13.2. The number of hydrogen-bond acceptors (Lipinski definition) is 7. The van der Waals surface area contributed by atoms with Crippen molar-refractivity contribution in [1.82, 2.24) is 15.6 Å². The number of ether oxygens (including phenoxy) is 1. The van der Waals surface area contributed by atoms with E-state index in [2.05, 4.69) is 15.6 Å². The Morgan fingerprint density at radius 1 is 0.649 bits per heavy atom. The second kappa shape index (κ2) is 20.7. The number of aromatic amines is 1. The Hall–Kier alpha value is -5.31. The Labute approximate surface area is 335 Å². The summed E-state index contributed by atoms with van der Waals surface area (Å²) < 4.78 is 33.8. The lowest BCUT2D eigenvalue weighted by atomic mass is 10.0. The molecule has 1 heterocycles. The van der Waals surface area contributed by atoms with Crippen LogP contribution in [-0.2, 0) is 60.6 Å². The van der Waals surface area contributed by atoms with Gasteiger partial charge in [-0.25, -0.2) is 4.79 Å². The molecule has 0 fully saturated rings. The molecule has 6 aromatic rings. The molecule has 5 aromatic carbocycles. The molecule has 0 radical (unpaired) electrons. The number of benzene rings is 5. The van der Waals surface area contributed by atoms with Crippen molar-refractivity contribution in [3.63, 3.8) is 0 Å². The molecule has 9 nitrogen and oxygen atoms in total. The predicted octanol–water partition coefficient (Wildman–Crippen LogP) is 9.53. The summed E-state index contributed by atoms with van der Waals surface area (Å²) in [5, 5.41) is 7.48. The minimum absolute atomic E-state index is 0.0530. The quantitative estimate of drug-likeness (QED) is 0.0492. The van der Waals surface area contributed by atoms with Crippen LogP contribution in [0.3, 0.4) is 0 Å². The lowest BCUT2D eigenvalue weighted by Crippen LogP contribution is -2.54. The van der Waals surface area contributed by atoms with E-state index in [1.165, 1.54) is 0 Å². The van der Waals surface area contributed by atoms with E-state index < -0.39 is 37.3 Å². The Kier molecular flexibility index (Phi) is 15.0. The smallest absolute Gasteiger partial charge is 0.348 e. The van der Waals surface area contributed by atoms with Crippen molar-refractivity contribution in [2.75, 3.05) is 0 Å². The van der Waals surface area contributed by atoms with Crippen LogP contribution in [0.4, 0.5) is 0 Å². The number of nitrogens with one attached hydrogen (secondary N) is 3. The van der Waals surface area contributed by atoms with Crippen molar-refractivity contribution in [2.24, 2.45) is 5.92 Å². The van der Waals surface area contributed by atoms with Crippen molar-refractivity contribution >= 4 is 30.4 Å². The minimum atomic E-state index is -3.99. The van der Waals surface area contributed by atoms with Crippen LogP contribution in [0.5, 0.6) is 0 Å². The molecule has 0 aliphatic carbocycles. The van der Waals surface area contributed by atoms with Gasteiger partial charge in [-0.3, -0.25) is 14.7 Å². The van der Waals surface area contributed by atoms with Gasteiger partial charge in [0.1, 0.15) is 18.4 Å². The monoisotopic (exact) mass is 785 g/mol. The molecule has 6 rings (SSSR count). The maximum atomic E-state index is 15.3. The van der Waals surface area contributed by atoms with E-state index in [1.807, 2.05) is 166 Å². The fourth-order valence-corrected chi connectivity index (χ4v) is 8.65. The molecular formula is C47H52N3O6P. The van der Waals surface area contributed by atoms with Gasteiger partial charge in [-0.15, -0.1) is 0 Å². The largest absolute Gasteiger partial charge is 0.459 e. The average Bonchev–Trinajstić information content (AvgIpc) is 3.66. The first-order valence-corrected chi connectivity index (χ1v) is 21.2. The second-order valence-electron chi connectivity index (χ2n) is 14.7. The third kappa shape index (κ3) is 12.3. The highest BCUT2D eigenvalue weighted by atomic mass is 31.2. The summed E-state index contributed by atoms with van der Waals surface area (Å²) in [5.41, 5.74) is 5.37. The van der Waals surface area contributed by atoms with E-state index >= 15 is 4.57 Å². The first-order chi connectivity index (χ1) is 27.8. The number of H-pyrrole nitrogens is 1. The highest BCUT2D eigenvalue weighted by Crippen LogP contribution is 2.55. The number of amides is 1. The van der Waals surface area contributed by atoms with Crippen LogP contribution in [0, 0.1) is 5.92 Å². The van der Waals surface area contributed by atoms with Crippen LogP contribution >= 0.6 is 7.60 Å². The number of carbonyl (C=O) groups excluding carboxylic acids is 2. The summed E-state index contributed by atoms with van der Waals surface area (Å²) in [6, 6.07) is 44.4. The van der Waals surface area contributed by atoms with Gasteiger partial charge in [0.25, 0.3) is 0 Å². The summed E-state index contributed by atoms with van der Waals surface area (Å²) >= 11 is 0. The molecule has 0 saturated carbocycles. The van der Waals surface area contributed by atoms with E-state index in [0.717, 1.165) is 38.7 Å². The van der Waals surface area contributed by atoms with Crippen LogP contribution < -0.4 is 10.6 Å². The minimum Gasteiger partial charge on any atom is -0.459 e. The second-order valence-corrected chi connectivity index (χ2v) is 16.9. The molecule has 10 heteroatoms. The van der Waals surface area contributed by atoms with Gasteiger partial charge in [-0.05, 0) is 59.1 Å². The SMILES string of the molecule is CC(C)C[C@H](NC(CCc1ccccc1)P(=O)(OCc1ccccc1)OCc1ccccc1)C(=O)N[C@@H](Cc1c[nH]c2ccccc12)C(=O)OCc1ccccc1. The predicted molar refractivity (Wildman–Crippen MR) is 225 cm³/mol. The third-order valence-corrected chi connectivity index (χ3v) is 11.9. The zero-order valence-electron chi connectivity index (χ0n) is 32.6. The van der Waals surface area contributed by atoms with Gasteiger partial charge in [-0.1, -0.05) is 153 Å². The number of aryl methyl sites for hydroxylation is 1. The number of para-hydroxylation sites is 1. The van der Waals surface area contributed by atoms with Crippen LogP contribution in [-0.4, -0.2) is 34.7 Å². The third-order valence-electron chi connectivity index (χ3n) is 9.78. The maximum Gasteiger partial charge on any atom is 0.348 e. The van der Waals surface area contributed by atoms with Gasteiger partial charge >= 0.3 is 13.6 Å². The fourth-order valence-electron chi connectivity index (χ4n) is 6.75. The number of aromatic nitrogens is 1. The number of esters is 1. The van der Waals surface area contributed by atoms with E-state index in [0.29, 0.717) is 19.3 Å². The maximum absolute atomic E-state index is 15.3. The van der Waals surface area contributed by atoms with Gasteiger partial charge in [0, 0.05) is 23.5 Å². The van der Waals surface area contributed by atoms with Crippen LogP contribution in [0.2, 0.25) is 0 Å². The van der Waals surface area contributed by atoms with Gasteiger partial charge in [0.15, 0.2) is 0 Å². The molecule has 3 N–H and O–H groups in total. The Bertz CT molecular complexity index is 2130. The van der Waals surface area contributed by atoms with E-state index in [4.69, 9.17) is 13.8 Å². The van der Waals surface area contributed by atoms with Crippen molar-refractivity contribution < 1.29 is 27.9 Å². The summed E-state index contributed by atoms with van der Waals surface area (Å²) in [4.78, 5) is 31.8. The van der Waals surface area contributed by atoms with Gasteiger partial charge in [0.2, 0.25) is 5.91 Å². The molecule has 57 heavy (non-hydrogen) atoms. The first kappa shape index (κ1) is 41.3. The highest BCUT2D eigenvalue weighted by molar-refractivity contribution is 7.54. The standard InChI is InChI=1S/C47H52N3O6P/c1-35(2)29-43(46(51)50-44(47(52)54-32-37-19-9-4-10-20-37)30-40-31-48-42-26-16-15-25-41(40)42)49-45(28-27-36-17-7-3-8-18-36)57(53,55-33-38-21-11-5-12-22-38)56-34-39-23-13-6-14-24-39/h3-26,31,35,43-45,48-49H,27-30,32-34H2,1-2H3,(H,50,51)/t43-,44-,45?/m0/s1. The van der Waals surface area contributed by atoms with E-state index in [9.17, 15) is 9.59 Å². The molecule has 0 saturated heterocycles. The molecule has 0 bridgehead atoms. The number of fused-ring (bicyclic) bond motifs is 1. The average molecular weight is 786 g/mol. The van der Waals surface area contributed by atoms with Crippen LogP contribution in [0.15, 0.2) is 152 Å².